The smallest absolute Gasteiger partial charge is 0.227 e. The van der Waals surface area contributed by atoms with Crippen molar-refractivity contribution in [1.82, 2.24) is 0 Å². The first-order valence-corrected chi connectivity index (χ1v) is 8.96. The number of aliphatic hydroxyl groups is 1. The maximum Gasteiger partial charge on any atom is 0.227 e. The van der Waals surface area contributed by atoms with Crippen LogP contribution in [-0.2, 0) is 16.0 Å². The Labute approximate surface area is 148 Å². The molecule has 1 fully saturated rings. The molecule has 1 saturated heterocycles. The number of hydrogen-bond acceptors (Lipinski definition) is 3. The first kappa shape index (κ1) is 16.3. The maximum atomic E-state index is 12.8. The summed E-state index contributed by atoms with van der Waals surface area (Å²) in [6, 6.07) is 16.2. The molecule has 4 heteroatoms. The molecule has 1 amide bonds. The highest BCUT2D eigenvalue weighted by Gasteiger charge is 2.43. The second-order valence-electron chi connectivity index (χ2n) is 6.83. The molecule has 2 aromatic carbocycles. The van der Waals surface area contributed by atoms with Crippen LogP contribution in [0.1, 0.15) is 42.6 Å². The summed E-state index contributed by atoms with van der Waals surface area (Å²) in [7, 11) is 0. The van der Waals surface area contributed by atoms with Crippen molar-refractivity contribution in [3.8, 4) is 0 Å². The number of carbonyl (C=O) groups excluding carboxylic acids is 1. The molecular formula is C21H23NO3. The summed E-state index contributed by atoms with van der Waals surface area (Å²) >= 11 is 0. The molecule has 2 bridgehead atoms. The molecule has 0 aromatic heterocycles. The van der Waals surface area contributed by atoms with Gasteiger partial charge in [0.15, 0.2) is 0 Å². The van der Waals surface area contributed by atoms with Crippen molar-refractivity contribution < 1.29 is 14.6 Å². The van der Waals surface area contributed by atoms with E-state index in [1.807, 2.05) is 36.1 Å². The van der Waals surface area contributed by atoms with E-state index in [-0.39, 0.29) is 24.7 Å². The van der Waals surface area contributed by atoms with E-state index in [1.165, 1.54) is 5.56 Å². The Bertz CT molecular complexity index is 774. The number of anilines is 1. The normalized spacial score (nSPS) is 24.7. The Morgan fingerprint density at radius 3 is 2.76 bits per heavy atom. The molecule has 4 rings (SSSR count). The minimum absolute atomic E-state index is 0.0416. The van der Waals surface area contributed by atoms with Gasteiger partial charge in [-0.3, -0.25) is 4.79 Å². The number of fused-ring (bicyclic) bond motifs is 4. The predicted octanol–water partition coefficient (Wildman–Crippen LogP) is 3.22. The van der Waals surface area contributed by atoms with Crippen LogP contribution in [0.15, 0.2) is 48.5 Å². The lowest BCUT2D eigenvalue weighted by Gasteiger charge is -2.47. The van der Waals surface area contributed by atoms with E-state index in [1.54, 1.807) is 0 Å². The molecule has 2 aromatic rings. The van der Waals surface area contributed by atoms with Gasteiger partial charge in [-0.25, -0.2) is 0 Å². The van der Waals surface area contributed by atoms with Gasteiger partial charge in [-0.15, -0.1) is 0 Å². The standard InChI is InChI=1S/C21H23NO3/c1-2-20(24)22-17-12-19(25-13-18(17)23)16-10-6-9-15(21(16)22)11-14-7-4-3-5-8-14/h3-10,17-19,23H,2,11-13H2,1H3/t17-,18+,19-/m0/s1. The number of aliphatic hydroxyl groups excluding tert-OH is 1. The van der Waals surface area contributed by atoms with Crippen LogP contribution in [0.3, 0.4) is 0 Å². The molecule has 0 spiro atoms. The van der Waals surface area contributed by atoms with Gasteiger partial charge in [-0.2, -0.15) is 0 Å². The number of amides is 1. The average Bonchev–Trinajstić information content (AvgIpc) is 2.65. The lowest BCUT2D eigenvalue weighted by molar-refractivity contribution is -0.123. The summed E-state index contributed by atoms with van der Waals surface area (Å²) in [5.74, 6) is 0.0613. The number of benzene rings is 2. The van der Waals surface area contributed by atoms with Gasteiger partial charge < -0.3 is 14.7 Å². The number of nitrogens with zero attached hydrogens (tertiary/aromatic N) is 1. The van der Waals surface area contributed by atoms with Gasteiger partial charge in [-0.05, 0) is 17.5 Å². The van der Waals surface area contributed by atoms with Crippen LogP contribution >= 0.6 is 0 Å². The lowest BCUT2D eigenvalue weighted by atomic mass is 9.85. The van der Waals surface area contributed by atoms with Crippen LogP contribution in [0.2, 0.25) is 0 Å². The Balaban J connectivity index is 1.83. The average molecular weight is 337 g/mol. The molecule has 2 aliphatic rings. The van der Waals surface area contributed by atoms with Crippen LogP contribution < -0.4 is 4.90 Å². The topological polar surface area (TPSA) is 49.8 Å². The Hall–Kier alpha value is -2.17. The molecule has 0 unspecified atom stereocenters. The van der Waals surface area contributed by atoms with Crippen LogP contribution in [0, 0.1) is 0 Å². The third-order valence-corrected chi connectivity index (χ3v) is 5.25. The minimum Gasteiger partial charge on any atom is -0.389 e. The fourth-order valence-corrected chi connectivity index (χ4v) is 4.03. The number of ether oxygens (including phenoxy) is 1. The molecule has 0 radical (unpaired) electrons. The summed E-state index contributed by atoms with van der Waals surface area (Å²) in [5, 5.41) is 10.4. The van der Waals surface area contributed by atoms with E-state index >= 15 is 0 Å². The zero-order valence-corrected chi connectivity index (χ0v) is 14.4. The molecule has 4 nitrogen and oxygen atoms in total. The van der Waals surface area contributed by atoms with Gasteiger partial charge in [0.2, 0.25) is 5.91 Å². The molecule has 3 atom stereocenters. The Kier molecular flexibility index (Phi) is 4.32. The van der Waals surface area contributed by atoms with Crippen LogP contribution in [0.4, 0.5) is 5.69 Å². The molecule has 2 aliphatic heterocycles. The maximum absolute atomic E-state index is 12.8. The predicted molar refractivity (Wildman–Crippen MR) is 96.6 cm³/mol. The summed E-state index contributed by atoms with van der Waals surface area (Å²) in [6.45, 7) is 2.16. The number of carbonyl (C=O) groups is 1. The molecular weight excluding hydrogens is 314 g/mol. The van der Waals surface area contributed by atoms with Crippen molar-refractivity contribution in [3.05, 3.63) is 65.2 Å². The second-order valence-corrected chi connectivity index (χ2v) is 6.83. The third-order valence-electron chi connectivity index (χ3n) is 5.25. The van der Waals surface area contributed by atoms with E-state index in [9.17, 15) is 9.90 Å². The number of rotatable bonds is 3. The van der Waals surface area contributed by atoms with Crippen LogP contribution in [0.25, 0.3) is 0 Å². The molecule has 0 saturated carbocycles. The zero-order chi connectivity index (χ0) is 17.4. The summed E-state index contributed by atoms with van der Waals surface area (Å²) in [4.78, 5) is 14.6. The third kappa shape index (κ3) is 2.86. The monoisotopic (exact) mass is 337 g/mol. The van der Waals surface area contributed by atoms with E-state index in [2.05, 4.69) is 24.3 Å². The van der Waals surface area contributed by atoms with Gasteiger partial charge in [0.05, 0.1) is 30.5 Å². The molecule has 1 N–H and O–H groups in total. The van der Waals surface area contributed by atoms with E-state index in [4.69, 9.17) is 4.74 Å². The van der Waals surface area contributed by atoms with Crippen molar-refractivity contribution in [3.63, 3.8) is 0 Å². The minimum atomic E-state index is -0.635. The van der Waals surface area contributed by atoms with Crippen molar-refractivity contribution >= 4 is 11.6 Å². The van der Waals surface area contributed by atoms with Crippen molar-refractivity contribution in [2.45, 2.75) is 44.4 Å². The Morgan fingerprint density at radius 2 is 2.00 bits per heavy atom. The van der Waals surface area contributed by atoms with E-state index in [0.29, 0.717) is 12.8 Å². The molecule has 0 aliphatic carbocycles. The first-order chi connectivity index (χ1) is 12.2. The second kappa shape index (κ2) is 6.62. The zero-order valence-electron chi connectivity index (χ0n) is 14.4. The van der Waals surface area contributed by atoms with Crippen molar-refractivity contribution in [2.24, 2.45) is 0 Å². The highest BCUT2D eigenvalue weighted by Crippen LogP contribution is 2.45. The highest BCUT2D eigenvalue weighted by atomic mass is 16.5. The largest absolute Gasteiger partial charge is 0.389 e. The van der Waals surface area contributed by atoms with Crippen LogP contribution in [0.5, 0.6) is 0 Å². The van der Waals surface area contributed by atoms with E-state index in [0.717, 1.165) is 23.2 Å². The first-order valence-electron chi connectivity index (χ1n) is 8.96. The number of para-hydroxylation sites is 1. The Morgan fingerprint density at radius 1 is 1.20 bits per heavy atom. The van der Waals surface area contributed by atoms with Crippen LogP contribution in [-0.4, -0.2) is 29.8 Å². The summed E-state index contributed by atoms with van der Waals surface area (Å²) in [6.07, 6.45) is 1.17. The van der Waals surface area contributed by atoms with Gasteiger partial charge >= 0.3 is 0 Å². The van der Waals surface area contributed by atoms with Gasteiger partial charge in [0, 0.05) is 18.4 Å². The van der Waals surface area contributed by atoms with Crippen molar-refractivity contribution in [1.29, 1.82) is 0 Å². The number of hydrogen-bond donors (Lipinski definition) is 1. The fraction of sp³-hybridized carbons (Fsp3) is 0.381. The molecule has 2 heterocycles. The van der Waals surface area contributed by atoms with E-state index < -0.39 is 6.10 Å². The van der Waals surface area contributed by atoms with Gasteiger partial charge in [0.25, 0.3) is 0 Å². The fourth-order valence-electron chi connectivity index (χ4n) is 4.03. The quantitative estimate of drug-likeness (QED) is 0.935. The van der Waals surface area contributed by atoms with Crippen molar-refractivity contribution in [2.75, 3.05) is 11.5 Å². The summed E-state index contributed by atoms with van der Waals surface area (Å²) in [5.41, 5.74) is 4.33. The molecule has 25 heavy (non-hydrogen) atoms. The SMILES string of the molecule is CCC(=O)N1c2c(Cc3ccccc3)cccc2[C@@H]2C[C@H]1[C@H](O)CO2. The van der Waals surface area contributed by atoms with Gasteiger partial charge in [0.1, 0.15) is 0 Å². The molecule has 130 valence electrons. The highest BCUT2D eigenvalue weighted by molar-refractivity contribution is 5.96. The lowest BCUT2D eigenvalue weighted by Crippen LogP contribution is -2.55. The summed E-state index contributed by atoms with van der Waals surface area (Å²) < 4.78 is 5.87. The van der Waals surface area contributed by atoms with Gasteiger partial charge in [-0.1, -0.05) is 55.5 Å².